The van der Waals surface area contributed by atoms with E-state index in [1.54, 1.807) is 22.8 Å². The Hall–Kier alpha value is -2.52. The molecule has 2 aromatic heterocycles. The van der Waals surface area contributed by atoms with Crippen LogP contribution in [-0.4, -0.2) is 27.5 Å². The molecule has 3 aromatic rings. The quantitative estimate of drug-likeness (QED) is 0.429. The summed E-state index contributed by atoms with van der Waals surface area (Å²) in [5, 5.41) is 3.72. The molecule has 1 aliphatic heterocycles. The Labute approximate surface area is 188 Å². The summed E-state index contributed by atoms with van der Waals surface area (Å²) < 4.78 is 12.4. The van der Waals surface area contributed by atoms with Crippen LogP contribution in [0.5, 0.6) is 11.5 Å². The van der Waals surface area contributed by atoms with Crippen molar-refractivity contribution in [2.45, 2.75) is 51.6 Å². The molecule has 4 rings (SSSR count). The van der Waals surface area contributed by atoms with Gasteiger partial charge in [0.25, 0.3) is 5.56 Å². The van der Waals surface area contributed by atoms with Crippen molar-refractivity contribution >= 4 is 44.9 Å². The van der Waals surface area contributed by atoms with E-state index in [-0.39, 0.29) is 24.2 Å². The highest BCUT2D eigenvalue weighted by atomic mass is 32.2. The summed E-state index contributed by atoms with van der Waals surface area (Å²) in [6.07, 6.45) is 0. The van der Waals surface area contributed by atoms with Crippen molar-refractivity contribution in [2.75, 3.05) is 12.1 Å². The van der Waals surface area contributed by atoms with Crippen LogP contribution in [0, 0.1) is 19.8 Å². The number of carbonyl (C=O) groups is 1. The van der Waals surface area contributed by atoms with Gasteiger partial charge < -0.3 is 14.8 Å². The van der Waals surface area contributed by atoms with Gasteiger partial charge in [-0.25, -0.2) is 4.98 Å². The molecule has 1 amide bonds. The molecule has 0 fully saturated rings. The van der Waals surface area contributed by atoms with Crippen LogP contribution in [0.4, 0.5) is 5.69 Å². The van der Waals surface area contributed by atoms with Crippen molar-refractivity contribution in [1.29, 1.82) is 0 Å². The van der Waals surface area contributed by atoms with E-state index in [9.17, 15) is 9.59 Å². The molecule has 1 aromatic carbocycles. The van der Waals surface area contributed by atoms with Gasteiger partial charge in [0.05, 0.1) is 10.6 Å². The predicted molar refractivity (Wildman–Crippen MR) is 125 cm³/mol. The van der Waals surface area contributed by atoms with Crippen LogP contribution in [0.25, 0.3) is 10.2 Å². The lowest BCUT2D eigenvalue weighted by Crippen LogP contribution is -2.28. The van der Waals surface area contributed by atoms with Crippen LogP contribution < -0.4 is 20.3 Å². The second kappa shape index (κ2) is 8.55. The Morgan fingerprint density at radius 1 is 1.26 bits per heavy atom. The second-order valence-corrected chi connectivity index (χ2v) is 10.5. The van der Waals surface area contributed by atoms with Crippen molar-refractivity contribution in [3.63, 3.8) is 0 Å². The molecular formula is C22H25N3O4S2. The standard InChI is InChI=1S/C22H25N3O4S2/c1-11(2)9-25-21(27)18-12(3)13(4)30-20(18)24-22(25)31-14(5)19(26)23-15-6-7-16-17(8-15)29-10-28-16/h6-8,11,14H,9-10H2,1-5H3,(H,23,26)/t14-/m0/s1. The molecule has 0 bridgehead atoms. The van der Waals surface area contributed by atoms with E-state index in [2.05, 4.69) is 19.2 Å². The van der Waals surface area contributed by atoms with E-state index in [1.165, 1.54) is 23.1 Å². The Morgan fingerprint density at radius 2 is 2.00 bits per heavy atom. The van der Waals surface area contributed by atoms with Crippen LogP contribution in [0.1, 0.15) is 31.2 Å². The molecule has 1 atom stereocenters. The first-order chi connectivity index (χ1) is 14.7. The number of carbonyl (C=O) groups excluding carboxylic acids is 1. The molecule has 1 aliphatic rings. The fraction of sp³-hybridized carbons (Fsp3) is 0.409. The van der Waals surface area contributed by atoms with E-state index in [0.29, 0.717) is 34.3 Å². The molecule has 9 heteroatoms. The molecule has 0 radical (unpaired) electrons. The van der Waals surface area contributed by atoms with Gasteiger partial charge in [0.1, 0.15) is 4.83 Å². The largest absolute Gasteiger partial charge is 0.454 e. The number of aromatic nitrogens is 2. The first-order valence-corrected chi connectivity index (χ1v) is 11.8. The fourth-order valence-corrected chi connectivity index (χ4v) is 5.34. The normalized spacial score (nSPS) is 13.7. The zero-order chi connectivity index (χ0) is 22.3. The number of anilines is 1. The first-order valence-electron chi connectivity index (χ1n) is 10.1. The summed E-state index contributed by atoms with van der Waals surface area (Å²) in [6, 6.07) is 5.29. The Balaban J connectivity index is 1.60. The third-order valence-corrected chi connectivity index (χ3v) is 7.28. The molecule has 3 heterocycles. The van der Waals surface area contributed by atoms with Crippen molar-refractivity contribution in [3.8, 4) is 11.5 Å². The number of nitrogens with zero attached hydrogens (tertiary/aromatic N) is 2. The minimum atomic E-state index is -0.449. The number of hydrogen-bond donors (Lipinski definition) is 1. The van der Waals surface area contributed by atoms with Gasteiger partial charge in [-0.15, -0.1) is 11.3 Å². The van der Waals surface area contributed by atoms with Gasteiger partial charge >= 0.3 is 0 Å². The maximum absolute atomic E-state index is 13.3. The average molecular weight is 460 g/mol. The minimum Gasteiger partial charge on any atom is -0.454 e. The molecule has 0 saturated carbocycles. The molecule has 0 aliphatic carbocycles. The number of aryl methyl sites for hydroxylation is 2. The van der Waals surface area contributed by atoms with Crippen molar-refractivity contribution in [3.05, 3.63) is 39.0 Å². The molecule has 0 unspecified atom stereocenters. The maximum Gasteiger partial charge on any atom is 0.263 e. The van der Waals surface area contributed by atoms with E-state index < -0.39 is 5.25 Å². The summed E-state index contributed by atoms with van der Waals surface area (Å²) in [5.74, 6) is 1.37. The number of amides is 1. The number of hydrogen-bond acceptors (Lipinski definition) is 7. The van der Waals surface area contributed by atoms with Gasteiger partial charge in [-0.1, -0.05) is 25.6 Å². The SMILES string of the molecule is Cc1sc2nc(S[C@@H](C)C(=O)Nc3ccc4c(c3)OCO4)n(CC(C)C)c(=O)c2c1C. The van der Waals surface area contributed by atoms with Gasteiger partial charge in [-0.3, -0.25) is 14.2 Å². The number of nitrogens with one attached hydrogen (secondary N) is 1. The lowest BCUT2D eigenvalue weighted by molar-refractivity contribution is -0.115. The summed E-state index contributed by atoms with van der Waals surface area (Å²) in [6.45, 7) is 10.6. The van der Waals surface area contributed by atoms with Gasteiger partial charge in [-0.05, 0) is 44.4 Å². The van der Waals surface area contributed by atoms with Crippen LogP contribution in [0.3, 0.4) is 0 Å². The number of rotatable bonds is 6. The summed E-state index contributed by atoms with van der Waals surface area (Å²) in [4.78, 5) is 32.7. The van der Waals surface area contributed by atoms with Crippen LogP contribution >= 0.6 is 23.1 Å². The molecule has 31 heavy (non-hydrogen) atoms. The average Bonchev–Trinajstić information content (AvgIpc) is 3.28. The van der Waals surface area contributed by atoms with E-state index in [1.807, 2.05) is 20.8 Å². The van der Waals surface area contributed by atoms with Gasteiger partial charge in [-0.2, -0.15) is 0 Å². The zero-order valence-corrected chi connectivity index (χ0v) is 19.8. The first kappa shape index (κ1) is 21.7. The number of thiophene rings is 1. The highest BCUT2D eigenvalue weighted by Gasteiger charge is 2.23. The van der Waals surface area contributed by atoms with E-state index >= 15 is 0 Å². The molecule has 0 saturated heterocycles. The lowest BCUT2D eigenvalue weighted by atomic mass is 10.2. The molecule has 7 nitrogen and oxygen atoms in total. The minimum absolute atomic E-state index is 0.0357. The fourth-order valence-electron chi connectivity index (χ4n) is 3.35. The van der Waals surface area contributed by atoms with Gasteiger partial charge in [0.2, 0.25) is 12.7 Å². The summed E-state index contributed by atoms with van der Waals surface area (Å²) >= 11 is 2.82. The van der Waals surface area contributed by atoms with Crippen molar-refractivity contribution in [2.24, 2.45) is 5.92 Å². The summed E-state index contributed by atoms with van der Waals surface area (Å²) in [7, 11) is 0. The highest BCUT2D eigenvalue weighted by Crippen LogP contribution is 2.35. The van der Waals surface area contributed by atoms with Crippen LogP contribution in [0.2, 0.25) is 0 Å². The predicted octanol–water partition coefficient (Wildman–Crippen LogP) is 4.58. The number of fused-ring (bicyclic) bond motifs is 2. The Bertz CT molecular complexity index is 1220. The van der Waals surface area contributed by atoms with E-state index in [4.69, 9.17) is 14.5 Å². The topological polar surface area (TPSA) is 82.4 Å². The molecule has 164 valence electrons. The maximum atomic E-state index is 13.3. The number of ether oxygens (including phenoxy) is 2. The second-order valence-electron chi connectivity index (χ2n) is 7.98. The van der Waals surface area contributed by atoms with Crippen molar-refractivity contribution in [1.82, 2.24) is 9.55 Å². The Morgan fingerprint density at radius 3 is 2.74 bits per heavy atom. The van der Waals surface area contributed by atoms with Crippen molar-refractivity contribution < 1.29 is 14.3 Å². The molecule has 1 N–H and O–H groups in total. The monoisotopic (exact) mass is 459 g/mol. The van der Waals surface area contributed by atoms with Gasteiger partial charge in [0, 0.05) is 23.2 Å². The smallest absolute Gasteiger partial charge is 0.263 e. The van der Waals surface area contributed by atoms with Gasteiger partial charge in [0.15, 0.2) is 16.7 Å². The van der Waals surface area contributed by atoms with E-state index in [0.717, 1.165) is 15.3 Å². The van der Waals surface area contributed by atoms with Crippen LogP contribution in [0.15, 0.2) is 28.2 Å². The molecule has 0 spiro atoms. The highest BCUT2D eigenvalue weighted by molar-refractivity contribution is 8.00. The third kappa shape index (κ3) is 4.29. The Kier molecular flexibility index (Phi) is 5.98. The molecular weight excluding hydrogens is 434 g/mol. The summed E-state index contributed by atoms with van der Waals surface area (Å²) in [5.41, 5.74) is 1.58. The third-order valence-electron chi connectivity index (χ3n) is 5.09. The lowest BCUT2D eigenvalue weighted by Gasteiger charge is -2.17. The number of benzene rings is 1. The number of thioether (sulfide) groups is 1. The zero-order valence-electron chi connectivity index (χ0n) is 18.1. The van der Waals surface area contributed by atoms with Crippen LogP contribution in [-0.2, 0) is 11.3 Å².